The Balaban J connectivity index is -0.000000000833. The van der Waals surface area contributed by atoms with Crippen molar-refractivity contribution in [3.05, 3.63) is 0 Å². The number of rotatable bonds is 0. The SMILES string of the molecule is [Ca+2].[Fe].[H-].[H-].[O]=[Ni]. The molecule has 0 bridgehead atoms. The van der Waals surface area contributed by atoms with Gasteiger partial charge >= 0.3 is 57.0 Å². The molecule has 28 valence electrons. The maximum absolute atomic E-state index is 7.88. The zero-order chi connectivity index (χ0) is 2.00. The molecular formula is H2CaFeNiO. The molecule has 0 fully saturated rings. The molecule has 4 heavy (non-hydrogen) atoms. The van der Waals surface area contributed by atoms with Crippen LogP contribution in [0, 0.1) is 0 Å². The van der Waals surface area contributed by atoms with Crippen LogP contribution in [0.25, 0.3) is 0 Å². The van der Waals surface area contributed by atoms with Gasteiger partial charge in [0.2, 0.25) is 0 Å². The summed E-state index contributed by atoms with van der Waals surface area (Å²) >= 11 is 2.62. The van der Waals surface area contributed by atoms with Gasteiger partial charge in [-0.25, -0.2) is 0 Å². The molecule has 0 amide bonds. The molecular weight excluding hydrogens is 171 g/mol. The van der Waals surface area contributed by atoms with Gasteiger partial charge in [0.15, 0.2) is 0 Å². The van der Waals surface area contributed by atoms with Crippen molar-refractivity contribution in [2.45, 2.75) is 0 Å². The Morgan fingerprint density at radius 1 is 1.50 bits per heavy atom. The van der Waals surface area contributed by atoms with E-state index < -0.39 is 0 Å². The molecule has 0 aliphatic heterocycles. The zero-order valence-electron chi connectivity index (χ0n) is 3.79. The van der Waals surface area contributed by atoms with Crippen molar-refractivity contribution in [2.24, 2.45) is 0 Å². The van der Waals surface area contributed by atoms with E-state index in [1.807, 2.05) is 0 Å². The molecule has 0 saturated carbocycles. The van der Waals surface area contributed by atoms with Crippen LogP contribution in [0.5, 0.6) is 0 Å². The molecule has 0 aliphatic carbocycles. The topological polar surface area (TPSA) is 17.1 Å². The standard InChI is InChI=1S/Ca.Fe.Ni.O.2H/q+2;;;;2*-1. The third-order valence-corrected chi connectivity index (χ3v) is 0. The first-order valence-electron chi connectivity index (χ1n) is 0.129. The molecule has 0 aromatic carbocycles. The van der Waals surface area contributed by atoms with Gasteiger partial charge in [-0.2, -0.15) is 0 Å². The Morgan fingerprint density at radius 3 is 1.50 bits per heavy atom. The van der Waals surface area contributed by atoms with E-state index in [1.54, 1.807) is 0 Å². The minimum absolute atomic E-state index is 0. The molecule has 1 nitrogen and oxygen atoms in total. The Bertz CT molecular complexity index is 13.5. The first-order chi connectivity index (χ1) is 1.00. The van der Waals surface area contributed by atoms with Gasteiger partial charge in [-0.05, 0) is 0 Å². The molecule has 0 atom stereocenters. The minimum atomic E-state index is 0. The molecule has 0 aliphatic rings. The van der Waals surface area contributed by atoms with E-state index in [-0.39, 0.29) is 57.7 Å². The van der Waals surface area contributed by atoms with Gasteiger partial charge in [0.1, 0.15) is 0 Å². The molecule has 0 aromatic heterocycles. The van der Waals surface area contributed by atoms with Crippen LogP contribution in [0.3, 0.4) is 0 Å². The summed E-state index contributed by atoms with van der Waals surface area (Å²) in [6, 6.07) is 0. The summed E-state index contributed by atoms with van der Waals surface area (Å²) in [5, 5.41) is 0. The molecule has 0 aromatic rings. The predicted octanol–water partition coefficient (Wildman–Crippen LogP) is -0.280. The third kappa shape index (κ3) is 8.95. The average molecular weight is 173 g/mol. The van der Waals surface area contributed by atoms with Crippen molar-refractivity contribution in [3.63, 3.8) is 0 Å². The Morgan fingerprint density at radius 2 is 1.50 bits per heavy atom. The van der Waals surface area contributed by atoms with Gasteiger partial charge < -0.3 is 2.85 Å². The molecule has 0 saturated heterocycles. The van der Waals surface area contributed by atoms with Crippen molar-refractivity contribution in [2.75, 3.05) is 0 Å². The number of hydrogen-bond acceptors (Lipinski definition) is 1. The van der Waals surface area contributed by atoms with Crippen LogP contribution in [0.15, 0.2) is 0 Å². The molecule has 0 heterocycles. The van der Waals surface area contributed by atoms with Crippen LogP contribution in [-0.2, 0) is 36.4 Å². The molecule has 4 heteroatoms. The summed E-state index contributed by atoms with van der Waals surface area (Å²) in [4.78, 5) is 0. The van der Waals surface area contributed by atoms with E-state index in [1.165, 1.54) is 0 Å². The maximum atomic E-state index is 7.88. The molecule has 0 spiro atoms. The molecule has 0 rings (SSSR count). The normalized spacial score (nSPS) is 1.50. The Hall–Kier alpha value is 2.07. The van der Waals surface area contributed by atoms with Gasteiger partial charge in [-0.1, -0.05) is 0 Å². The van der Waals surface area contributed by atoms with E-state index in [2.05, 4.69) is 15.4 Å². The molecule has 0 radical (unpaired) electrons. The predicted molar refractivity (Wildman–Crippen MR) is 8.66 cm³/mol. The van der Waals surface area contributed by atoms with Crippen LogP contribution >= 0.6 is 0 Å². The van der Waals surface area contributed by atoms with Crippen LogP contribution in [0.2, 0.25) is 0 Å². The summed E-state index contributed by atoms with van der Waals surface area (Å²) in [5.41, 5.74) is 0. The third-order valence-electron chi connectivity index (χ3n) is 0. The summed E-state index contributed by atoms with van der Waals surface area (Å²) in [6.45, 7) is 0. The van der Waals surface area contributed by atoms with Crippen LogP contribution in [0.4, 0.5) is 0 Å². The van der Waals surface area contributed by atoms with Crippen LogP contribution < -0.4 is 0 Å². The van der Waals surface area contributed by atoms with Crippen molar-refractivity contribution in [1.82, 2.24) is 0 Å². The van der Waals surface area contributed by atoms with Crippen molar-refractivity contribution >= 4 is 37.7 Å². The van der Waals surface area contributed by atoms with Gasteiger partial charge in [0, 0.05) is 17.1 Å². The second-order valence-electron chi connectivity index (χ2n) is 0. The van der Waals surface area contributed by atoms with Crippen LogP contribution in [0.1, 0.15) is 2.85 Å². The number of hydrogen-bond donors (Lipinski definition) is 0. The van der Waals surface area contributed by atoms with Gasteiger partial charge in [0.05, 0.1) is 0 Å². The molecule has 0 N–H and O–H groups in total. The summed E-state index contributed by atoms with van der Waals surface area (Å²) in [7, 11) is 0. The fourth-order valence-corrected chi connectivity index (χ4v) is 0. The summed E-state index contributed by atoms with van der Waals surface area (Å²) < 4.78 is 7.88. The zero-order valence-corrected chi connectivity index (χ0v) is 6.09. The van der Waals surface area contributed by atoms with Gasteiger partial charge in [0.25, 0.3) is 0 Å². The second-order valence-corrected chi connectivity index (χ2v) is 0. The van der Waals surface area contributed by atoms with E-state index in [4.69, 9.17) is 3.90 Å². The van der Waals surface area contributed by atoms with E-state index in [0.29, 0.717) is 0 Å². The van der Waals surface area contributed by atoms with Crippen molar-refractivity contribution < 1.29 is 39.2 Å². The quantitative estimate of drug-likeness (QED) is 0.460. The molecule has 0 unspecified atom stereocenters. The fraction of sp³-hybridized carbons (Fsp3) is 0. The van der Waals surface area contributed by atoms with Crippen molar-refractivity contribution in [1.29, 1.82) is 0 Å². The van der Waals surface area contributed by atoms with Crippen molar-refractivity contribution in [3.8, 4) is 0 Å². The summed E-state index contributed by atoms with van der Waals surface area (Å²) in [5.74, 6) is 0. The van der Waals surface area contributed by atoms with Gasteiger partial charge in [-0.15, -0.1) is 0 Å². The van der Waals surface area contributed by atoms with E-state index in [9.17, 15) is 0 Å². The summed E-state index contributed by atoms with van der Waals surface area (Å²) in [6.07, 6.45) is 0. The average Bonchev–Trinajstić information content (AvgIpc) is 1.00. The van der Waals surface area contributed by atoms with E-state index >= 15 is 0 Å². The van der Waals surface area contributed by atoms with Gasteiger partial charge in [-0.3, -0.25) is 0 Å². The first kappa shape index (κ1) is 16.6. The Kier molecular flexibility index (Phi) is 81.0. The second kappa shape index (κ2) is 19.6. The monoisotopic (exact) mass is 172 g/mol. The first-order valence-corrected chi connectivity index (χ1v) is 0.532. The van der Waals surface area contributed by atoms with E-state index in [0.717, 1.165) is 0 Å². The van der Waals surface area contributed by atoms with Crippen LogP contribution in [-0.4, -0.2) is 37.7 Å². The Labute approximate surface area is 75.9 Å². The fourth-order valence-electron chi connectivity index (χ4n) is 0.